The Balaban J connectivity index is 2.28. The predicted octanol–water partition coefficient (Wildman–Crippen LogP) is 2.11. The molecule has 2 N–H and O–H groups in total. The molecule has 3 nitrogen and oxygen atoms in total. The number of halogens is 1. The molecule has 1 aromatic carbocycles. The number of hydrogen-bond acceptors (Lipinski definition) is 2. The Hall–Kier alpha value is -1.03. The topological polar surface area (TPSA) is 49.3 Å². The second-order valence-corrected chi connectivity index (χ2v) is 4.28. The number of nitrogens with one attached hydrogen (secondary N) is 1. The van der Waals surface area contributed by atoms with Crippen LogP contribution in [0.25, 0.3) is 0 Å². The molecule has 1 aliphatic rings. The molecule has 1 saturated heterocycles. The molecular formula is C10H10BrNO2. The quantitative estimate of drug-likeness (QED) is 0.808. The monoisotopic (exact) mass is 255 g/mol. The van der Waals surface area contributed by atoms with Crippen molar-refractivity contribution in [1.29, 1.82) is 0 Å². The first-order valence-corrected chi connectivity index (χ1v) is 5.24. The van der Waals surface area contributed by atoms with E-state index in [1.54, 1.807) is 6.07 Å². The Kier molecular flexibility index (Phi) is 2.46. The molecule has 0 spiro atoms. The molecule has 1 fully saturated rings. The Morgan fingerprint density at radius 2 is 2.29 bits per heavy atom. The number of carbonyl (C=O) groups excluding carboxylic acids is 1. The summed E-state index contributed by atoms with van der Waals surface area (Å²) in [5, 5.41) is 12.5. The van der Waals surface area contributed by atoms with Crippen LogP contribution in [-0.2, 0) is 4.79 Å². The van der Waals surface area contributed by atoms with Crippen LogP contribution in [0.15, 0.2) is 22.7 Å². The van der Waals surface area contributed by atoms with Gasteiger partial charge in [-0.05, 0) is 18.6 Å². The third-order valence-corrected chi connectivity index (χ3v) is 2.86. The number of rotatable bonds is 1. The Morgan fingerprint density at radius 3 is 2.86 bits per heavy atom. The van der Waals surface area contributed by atoms with Crippen molar-refractivity contribution in [2.45, 2.75) is 18.9 Å². The minimum Gasteiger partial charge on any atom is -0.508 e. The molecule has 14 heavy (non-hydrogen) atoms. The highest BCUT2D eigenvalue weighted by Crippen LogP contribution is 2.32. The molecule has 0 bridgehead atoms. The summed E-state index contributed by atoms with van der Waals surface area (Å²) in [6.07, 6.45) is 1.30. The number of phenolic OH excluding ortho intramolecular Hbond substituents is 1. The van der Waals surface area contributed by atoms with Crippen LogP contribution >= 0.6 is 15.9 Å². The first-order valence-electron chi connectivity index (χ1n) is 4.44. The molecule has 1 aromatic rings. The van der Waals surface area contributed by atoms with E-state index in [0.29, 0.717) is 6.42 Å². The SMILES string of the molecule is O=C1CCC(c2ccc(Br)cc2O)N1. The summed E-state index contributed by atoms with van der Waals surface area (Å²) in [6, 6.07) is 5.30. The lowest BCUT2D eigenvalue weighted by atomic mass is 10.0. The maximum absolute atomic E-state index is 11.0. The lowest BCUT2D eigenvalue weighted by Gasteiger charge is -2.12. The van der Waals surface area contributed by atoms with Crippen LogP contribution in [0.3, 0.4) is 0 Å². The average molecular weight is 256 g/mol. The van der Waals surface area contributed by atoms with Crippen molar-refractivity contribution < 1.29 is 9.90 Å². The van der Waals surface area contributed by atoms with Gasteiger partial charge in [0.05, 0.1) is 6.04 Å². The first-order chi connectivity index (χ1) is 6.66. The van der Waals surface area contributed by atoms with Gasteiger partial charge in [0.1, 0.15) is 5.75 Å². The van der Waals surface area contributed by atoms with Crippen molar-refractivity contribution in [2.75, 3.05) is 0 Å². The molecule has 2 rings (SSSR count). The van der Waals surface area contributed by atoms with Crippen LogP contribution < -0.4 is 5.32 Å². The zero-order valence-corrected chi connectivity index (χ0v) is 9.04. The van der Waals surface area contributed by atoms with Crippen LogP contribution in [0.1, 0.15) is 24.4 Å². The molecular weight excluding hydrogens is 246 g/mol. The first kappa shape index (κ1) is 9.52. The van der Waals surface area contributed by atoms with Crippen molar-refractivity contribution >= 4 is 21.8 Å². The van der Waals surface area contributed by atoms with E-state index in [1.165, 1.54) is 0 Å². The fraction of sp³-hybridized carbons (Fsp3) is 0.300. The van der Waals surface area contributed by atoms with Crippen LogP contribution in [0.2, 0.25) is 0 Å². The molecule has 0 radical (unpaired) electrons. The van der Waals surface area contributed by atoms with Crippen LogP contribution in [0.4, 0.5) is 0 Å². The number of amides is 1. The second kappa shape index (κ2) is 3.61. The third kappa shape index (κ3) is 1.75. The van der Waals surface area contributed by atoms with E-state index in [-0.39, 0.29) is 17.7 Å². The average Bonchev–Trinajstić information content (AvgIpc) is 2.51. The smallest absolute Gasteiger partial charge is 0.220 e. The highest BCUT2D eigenvalue weighted by Gasteiger charge is 2.24. The summed E-state index contributed by atoms with van der Waals surface area (Å²) < 4.78 is 0.836. The van der Waals surface area contributed by atoms with Crippen LogP contribution in [0, 0.1) is 0 Å². The van der Waals surface area contributed by atoms with Gasteiger partial charge in [0.25, 0.3) is 0 Å². The normalized spacial score (nSPS) is 20.9. The van der Waals surface area contributed by atoms with Crippen molar-refractivity contribution in [2.24, 2.45) is 0 Å². The molecule has 1 unspecified atom stereocenters. The van der Waals surface area contributed by atoms with Gasteiger partial charge in [-0.1, -0.05) is 22.0 Å². The number of benzene rings is 1. The maximum Gasteiger partial charge on any atom is 0.220 e. The zero-order valence-electron chi connectivity index (χ0n) is 7.46. The molecule has 0 aromatic heterocycles. The fourth-order valence-corrected chi connectivity index (χ4v) is 2.01. The lowest BCUT2D eigenvalue weighted by Crippen LogP contribution is -2.18. The van der Waals surface area contributed by atoms with E-state index < -0.39 is 0 Å². The molecule has 1 heterocycles. The Labute approximate surface area is 90.3 Å². The summed E-state index contributed by atoms with van der Waals surface area (Å²) in [7, 11) is 0. The molecule has 1 atom stereocenters. The van der Waals surface area contributed by atoms with Crippen molar-refractivity contribution in [3.63, 3.8) is 0 Å². The second-order valence-electron chi connectivity index (χ2n) is 3.36. The van der Waals surface area contributed by atoms with Crippen molar-refractivity contribution in [3.8, 4) is 5.75 Å². The summed E-state index contributed by atoms with van der Waals surface area (Å²) in [6.45, 7) is 0. The molecule has 0 aliphatic carbocycles. The third-order valence-electron chi connectivity index (χ3n) is 2.36. The maximum atomic E-state index is 11.0. The molecule has 1 aliphatic heterocycles. The van der Waals surface area contributed by atoms with E-state index >= 15 is 0 Å². The van der Waals surface area contributed by atoms with Crippen LogP contribution in [0.5, 0.6) is 5.75 Å². The van der Waals surface area contributed by atoms with Gasteiger partial charge in [-0.25, -0.2) is 0 Å². The standard InChI is InChI=1S/C10H10BrNO2/c11-6-1-2-7(9(13)5-6)8-3-4-10(14)12-8/h1-2,5,8,13H,3-4H2,(H,12,14). The number of carbonyl (C=O) groups is 1. The highest BCUT2D eigenvalue weighted by atomic mass is 79.9. The van der Waals surface area contributed by atoms with Gasteiger partial charge in [-0.3, -0.25) is 4.79 Å². The lowest BCUT2D eigenvalue weighted by molar-refractivity contribution is -0.119. The van der Waals surface area contributed by atoms with E-state index in [9.17, 15) is 9.90 Å². The number of hydrogen-bond donors (Lipinski definition) is 2. The number of phenols is 1. The van der Waals surface area contributed by atoms with E-state index in [4.69, 9.17) is 0 Å². The highest BCUT2D eigenvalue weighted by molar-refractivity contribution is 9.10. The summed E-state index contributed by atoms with van der Waals surface area (Å²) in [5.74, 6) is 0.281. The number of aromatic hydroxyl groups is 1. The summed E-state index contributed by atoms with van der Waals surface area (Å²) >= 11 is 3.27. The summed E-state index contributed by atoms with van der Waals surface area (Å²) in [4.78, 5) is 11.0. The van der Waals surface area contributed by atoms with Crippen LogP contribution in [-0.4, -0.2) is 11.0 Å². The minimum atomic E-state index is -0.0319. The fourth-order valence-electron chi connectivity index (χ4n) is 1.66. The molecule has 74 valence electrons. The molecule has 1 amide bonds. The van der Waals surface area contributed by atoms with Gasteiger partial charge in [0, 0.05) is 16.5 Å². The van der Waals surface area contributed by atoms with Gasteiger partial charge in [-0.2, -0.15) is 0 Å². The van der Waals surface area contributed by atoms with Gasteiger partial charge in [0.15, 0.2) is 0 Å². The van der Waals surface area contributed by atoms with Gasteiger partial charge >= 0.3 is 0 Å². The largest absolute Gasteiger partial charge is 0.508 e. The predicted molar refractivity (Wildman–Crippen MR) is 55.9 cm³/mol. The van der Waals surface area contributed by atoms with Gasteiger partial charge in [-0.15, -0.1) is 0 Å². The summed E-state index contributed by atoms with van der Waals surface area (Å²) in [5.41, 5.74) is 0.791. The zero-order chi connectivity index (χ0) is 10.1. The Morgan fingerprint density at radius 1 is 1.50 bits per heavy atom. The van der Waals surface area contributed by atoms with Gasteiger partial charge in [0.2, 0.25) is 5.91 Å². The van der Waals surface area contributed by atoms with E-state index in [2.05, 4.69) is 21.2 Å². The van der Waals surface area contributed by atoms with Gasteiger partial charge < -0.3 is 10.4 Å². The molecule has 4 heteroatoms. The van der Waals surface area contributed by atoms with Crippen molar-refractivity contribution in [3.05, 3.63) is 28.2 Å². The van der Waals surface area contributed by atoms with E-state index in [1.807, 2.05) is 12.1 Å². The Bertz CT molecular complexity index is 378. The minimum absolute atomic E-state index is 0.0319. The van der Waals surface area contributed by atoms with E-state index in [0.717, 1.165) is 16.5 Å². The molecule has 0 saturated carbocycles. The van der Waals surface area contributed by atoms with Crippen molar-refractivity contribution in [1.82, 2.24) is 5.32 Å².